The first-order valence-electron chi connectivity index (χ1n) is 6.90. The number of rotatable bonds is 3. The van der Waals surface area contributed by atoms with Gasteiger partial charge in [0.1, 0.15) is 6.07 Å². The molecule has 0 unspecified atom stereocenters. The lowest BCUT2D eigenvalue weighted by atomic mass is 9.77. The molecule has 0 spiro atoms. The normalized spacial score (nSPS) is 19.5. The zero-order valence-electron chi connectivity index (χ0n) is 13.2. The van der Waals surface area contributed by atoms with Crippen LogP contribution in [0.3, 0.4) is 0 Å². The summed E-state index contributed by atoms with van der Waals surface area (Å²) in [5.74, 6) is -0.244. The molecule has 23 heavy (non-hydrogen) atoms. The van der Waals surface area contributed by atoms with Crippen molar-refractivity contribution in [1.29, 1.82) is 5.26 Å². The molecule has 1 aliphatic heterocycles. The number of hydrogen-bond donors (Lipinski definition) is 0. The molecule has 1 saturated heterocycles. The average Bonchev–Trinajstić information content (AvgIpc) is 2.64. The molecule has 0 radical (unpaired) electrons. The zero-order chi connectivity index (χ0) is 17.5. The molecular formula is C14H16BF3N2O3. The molecule has 124 valence electrons. The maximum atomic E-state index is 12.2. The molecule has 0 aliphatic carbocycles. The lowest BCUT2D eigenvalue weighted by molar-refractivity contribution is -0.154. The van der Waals surface area contributed by atoms with Gasteiger partial charge in [0.15, 0.2) is 6.61 Å². The van der Waals surface area contributed by atoms with E-state index in [-0.39, 0.29) is 11.4 Å². The van der Waals surface area contributed by atoms with Gasteiger partial charge < -0.3 is 14.0 Å². The third-order valence-electron chi connectivity index (χ3n) is 3.92. The Kier molecular flexibility index (Phi) is 4.35. The van der Waals surface area contributed by atoms with E-state index >= 15 is 0 Å². The molecule has 0 saturated carbocycles. The van der Waals surface area contributed by atoms with Crippen LogP contribution in [0, 0.1) is 11.3 Å². The van der Waals surface area contributed by atoms with E-state index in [1.165, 1.54) is 6.07 Å². The summed E-state index contributed by atoms with van der Waals surface area (Å²) in [5.41, 5.74) is -0.831. The highest BCUT2D eigenvalue weighted by molar-refractivity contribution is 6.62. The Labute approximate surface area is 132 Å². The molecule has 2 rings (SSSR count). The monoisotopic (exact) mass is 328 g/mol. The summed E-state index contributed by atoms with van der Waals surface area (Å²) >= 11 is 0. The van der Waals surface area contributed by atoms with Crippen LogP contribution in [0.2, 0.25) is 0 Å². The van der Waals surface area contributed by atoms with E-state index in [0.717, 1.165) is 6.20 Å². The topological polar surface area (TPSA) is 64.4 Å². The number of halogens is 3. The van der Waals surface area contributed by atoms with Gasteiger partial charge in [-0.2, -0.15) is 18.4 Å². The average molecular weight is 328 g/mol. The minimum atomic E-state index is -4.47. The van der Waals surface area contributed by atoms with Crippen LogP contribution < -0.4 is 10.2 Å². The number of nitrogens with zero attached hydrogens (tertiary/aromatic N) is 2. The summed E-state index contributed by atoms with van der Waals surface area (Å²) in [6.07, 6.45) is -3.33. The summed E-state index contributed by atoms with van der Waals surface area (Å²) in [7, 11) is -0.883. The Hall–Kier alpha value is -1.79. The molecule has 0 N–H and O–H groups in total. The second kappa shape index (κ2) is 5.69. The van der Waals surface area contributed by atoms with Crippen LogP contribution in [0.25, 0.3) is 0 Å². The molecule has 1 aliphatic rings. The maximum Gasteiger partial charge on any atom is 0.496 e. The fraction of sp³-hybridized carbons (Fsp3) is 0.571. The highest BCUT2D eigenvalue weighted by Gasteiger charge is 2.52. The second-order valence-electron chi connectivity index (χ2n) is 6.21. The summed E-state index contributed by atoms with van der Waals surface area (Å²) in [6.45, 7) is 5.87. The summed E-state index contributed by atoms with van der Waals surface area (Å²) in [6, 6.07) is 3.17. The second-order valence-corrected chi connectivity index (χ2v) is 6.21. The van der Waals surface area contributed by atoms with Crippen LogP contribution in [0.15, 0.2) is 12.3 Å². The molecule has 2 heterocycles. The van der Waals surface area contributed by atoms with Crippen LogP contribution in [0.1, 0.15) is 33.3 Å². The third kappa shape index (κ3) is 3.76. The van der Waals surface area contributed by atoms with Gasteiger partial charge in [-0.3, -0.25) is 0 Å². The van der Waals surface area contributed by atoms with E-state index in [1.54, 1.807) is 0 Å². The van der Waals surface area contributed by atoms with Gasteiger partial charge >= 0.3 is 13.3 Å². The summed E-state index contributed by atoms with van der Waals surface area (Å²) < 4.78 is 53.0. The Balaban J connectivity index is 2.29. The Bertz CT molecular complexity index is 625. The van der Waals surface area contributed by atoms with Gasteiger partial charge in [-0.1, -0.05) is 0 Å². The van der Waals surface area contributed by atoms with Crippen LogP contribution >= 0.6 is 0 Å². The van der Waals surface area contributed by atoms with E-state index < -0.39 is 31.1 Å². The van der Waals surface area contributed by atoms with E-state index in [9.17, 15) is 13.2 Å². The Morgan fingerprint density at radius 3 is 2.30 bits per heavy atom. The third-order valence-corrected chi connectivity index (χ3v) is 3.92. The van der Waals surface area contributed by atoms with Crippen molar-refractivity contribution in [1.82, 2.24) is 4.98 Å². The largest absolute Gasteiger partial charge is 0.496 e. The minimum Gasteiger partial charge on any atom is -0.468 e. The fourth-order valence-electron chi connectivity index (χ4n) is 1.94. The quantitative estimate of drug-likeness (QED) is 0.796. The van der Waals surface area contributed by atoms with Gasteiger partial charge in [0.05, 0.1) is 16.8 Å². The summed E-state index contributed by atoms with van der Waals surface area (Å²) in [5, 5.41) is 9.17. The zero-order valence-corrected chi connectivity index (χ0v) is 13.2. The van der Waals surface area contributed by atoms with Gasteiger partial charge in [-0.15, -0.1) is 0 Å². The number of alkyl halides is 3. The van der Waals surface area contributed by atoms with Crippen LogP contribution in [-0.2, 0) is 9.31 Å². The number of nitriles is 1. The first-order valence-corrected chi connectivity index (χ1v) is 6.90. The molecule has 0 aromatic carbocycles. The maximum absolute atomic E-state index is 12.2. The van der Waals surface area contributed by atoms with Crippen LogP contribution in [-0.4, -0.2) is 36.1 Å². The van der Waals surface area contributed by atoms with E-state index in [0.29, 0.717) is 5.46 Å². The molecule has 0 amide bonds. The Morgan fingerprint density at radius 1 is 1.26 bits per heavy atom. The Morgan fingerprint density at radius 2 is 1.83 bits per heavy atom. The van der Waals surface area contributed by atoms with E-state index in [4.69, 9.17) is 14.6 Å². The highest BCUT2D eigenvalue weighted by atomic mass is 19.4. The minimum absolute atomic E-state index is 0.155. The van der Waals surface area contributed by atoms with Crippen molar-refractivity contribution in [3.05, 3.63) is 17.8 Å². The van der Waals surface area contributed by atoms with E-state index in [1.807, 2.05) is 33.8 Å². The predicted octanol–water partition coefficient (Wildman–Crippen LogP) is 2.19. The summed E-state index contributed by atoms with van der Waals surface area (Å²) in [4.78, 5) is 3.70. The van der Waals surface area contributed by atoms with Gasteiger partial charge in [-0.05, 0) is 27.7 Å². The predicted molar refractivity (Wildman–Crippen MR) is 76.2 cm³/mol. The smallest absolute Gasteiger partial charge is 0.468 e. The van der Waals surface area contributed by atoms with Crippen molar-refractivity contribution < 1.29 is 27.2 Å². The van der Waals surface area contributed by atoms with Gasteiger partial charge in [-0.25, -0.2) is 4.98 Å². The fourth-order valence-corrected chi connectivity index (χ4v) is 1.94. The first kappa shape index (κ1) is 17.6. The van der Waals surface area contributed by atoms with Crippen molar-refractivity contribution in [3.8, 4) is 11.9 Å². The van der Waals surface area contributed by atoms with E-state index in [2.05, 4.69) is 9.72 Å². The molecule has 0 bridgehead atoms. The molecule has 9 heteroatoms. The molecule has 5 nitrogen and oxygen atoms in total. The van der Waals surface area contributed by atoms with Crippen molar-refractivity contribution in [2.45, 2.75) is 45.1 Å². The number of aromatic nitrogens is 1. The number of ether oxygens (including phenoxy) is 1. The van der Waals surface area contributed by atoms with Crippen molar-refractivity contribution in [3.63, 3.8) is 0 Å². The number of pyridine rings is 1. The van der Waals surface area contributed by atoms with Crippen molar-refractivity contribution in [2.24, 2.45) is 0 Å². The van der Waals surface area contributed by atoms with Gasteiger partial charge in [0.25, 0.3) is 0 Å². The SMILES string of the molecule is CC1(C)OB(c2cc(OCC(F)(F)F)ncc2C#N)OC1(C)C. The molecule has 1 aromatic rings. The van der Waals surface area contributed by atoms with Gasteiger partial charge in [0, 0.05) is 17.7 Å². The highest BCUT2D eigenvalue weighted by Crippen LogP contribution is 2.36. The van der Waals surface area contributed by atoms with Crippen LogP contribution in [0.5, 0.6) is 5.88 Å². The molecule has 0 atom stereocenters. The molecule has 1 fully saturated rings. The standard InChI is InChI=1S/C14H16BF3N2O3/c1-12(2)13(3,4)23-15(22-12)10-5-11(20-7-9(10)6-19)21-8-14(16,17)18/h5,7H,8H2,1-4H3. The van der Waals surface area contributed by atoms with Crippen molar-refractivity contribution >= 4 is 12.6 Å². The molecular weight excluding hydrogens is 312 g/mol. The molecule has 1 aromatic heterocycles. The lowest BCUT2D eigenvalue weighted by Crippen LogP contribution is -2.41. The lowest BCUT2D eigenvalue weighted by Gasteiger charge is -2.32. The van der Waals surface area contributed by atoms with Crippen LogP contribution in [0.4, 0.5) is 13.2 Å². The first-order chi connectivity index (χ1) is 10.5. The van der Waals surface area contributed by atoms with Crippen molar-refractivity contribution in [2.75, 3.05) is 6.61 Å². The van der Waals surface area contributed by atoms with Gasteiger partial charge in [0.2, 0.25) is 5.88 Å². The number of hydrogen-bond acceptors (Lipinski definition) is 5.